The number of fused-ring (bicyclic) bond motifs is 1. The Kier molecular flexibility index (Phi) is 7.77. The maximum atomic E-state index is 14.1. The van der Waals surface area contributed by atoms with Gasteiger partial charge < -0.3 is 15.1 Å². The molecule has 218 valence electrons. The molecular formula is C34H32F4N2O2. The van der Waals surface area contributed by atoms with Crippen LogP contribution >= 0.6 is 0 Å². The van der Waals surface area contributed by atoms with Crippen molar-refractivity contribution < 1.29 is 27.8 Å². The van der Waals surface area contributed by atoms with E-state index in [1.807, 2.05) is 30.3 Å². The zero-order valence-corrected chi connectivity index (χ0v) is 23.0. The first-order valence-electron chi connectivity index (χ1n) is 14.4. The van der Waals surface area contributed by atoms with Crippen LogP contribution in [0.5, 0.6) is 0 Å². The lowest BCUT2D eigenvalue weighted by molar-refractivity contribution is -0.137. The van der Waals surface area contributed by atoms with E-state index in [0.29, 0.717) is 58.8 Å². The second-order valence-corrected chi connectivity index (χ2v) is 11.2. The molecule has 1 fully saturated rings. The number of rotatable bonds is 6. The molecule has 8 heteroatoms. The van der Waals surface area contributed by atoms with Gasteiger partial charge in [-0.25, -0.2) is 9.37 Å². The van der Waals surface area contributed by atoms with Crippen LogP contribution in [-0.4, -0.2) is 21.7 Å². The summed E-state index contributed by atoms with van der Waals surface area (Å²) in [5.41, 5.74) is 3.45. The fourth-order valence-electron chi connectivity index (χ4n) is 6.40. The van der Waals surface area contributed by atoms with Gasteiger partial charge in [-0.3, -0.25) is 0 Å². The molecule has 1 aromatic heterocycles. The first-order valence-corrected chi connectivity index (χ1v) is 14.4. The lowest BCUT2D eigenvalue weighted by atomic mass is 9.82. The van der Waals surface area contributed by atoms with Crippen LogP contribution in [-0.2, 0) is 12.7 Å². The van der Waals surface area contributed by atoms with Gasteiger partial charge in [0.1, 0.15) is 17.7 Å². The SMILES string of the molecule is OC1CCN(Cc2ccccc2)c2nc(C3CCCC3)c(C(O)c3ccc(C(F)(F)F)cc3)c(-c3ccc(F)cc3)c21. The van der Waals surface area contributed by atoms with Gasteiger partial charge in [-0.2, -0.15) is 13.2 Å². The number of aliphatic hydroxyl groups excluding tert-OH is 2. The van der Waals surface area contributed by atoms with E-state index >= 15 is 0 Å². The Labute approximate surface area is 242 Å². The number of alkyl halides is 3. The summed E-state index contributed by atoms with van der Waals surface area (Å²) >= 11 is 0. The molecule has 6 rings (SSSR count). The maximum Gasteiger partial charge on any atom is 0.416 e. The van der Waals surface area contributed by atoms with Crippen LogP contribution < -0.4 is 4.90 Å². The summed E-state index contributed by atoms with van der Waals surface area (Å²) in [5.74, 6) is 0.238. The largest absolute Gasteiger partial charge is 0.416 e. The quantitative estimate of drug-likeness (QED) is 0.228. The molecule has 3 aromatic carbocycles. The van der Waals surface area contributed by atoms with E-state index in [-0.39, 0.29) is 5.92 Å². The molecular weight excluding hydrogens is 544 g/mol. The van der Waals surface area contributed by atoms with E-state index in [2.05, 4.69) is 4.90 Å². The Morgan fingerprint density at radius 1 is 0.881 bits per heavy atom. The molecule has 0 amide bonds. The van der Waals surface area contributed by atoms with Crippen molar-refractivity contribution in [3.63, 3.8) is 0 Å². The fraction of sp³-hybridized carbons (Fsp3) is 0.324. The minimum atomic E-state index is -4.50. The van der Waals surface area contributed by atoms with Crippen LogP contribution in [0.2, 0.25) is 0 Å². The number of pyridine rings is 1. The molecule has 0 radical (unpaired) electrons. The van der Waals surface area contributed by atoms with Crippen LogP contribution in [0.15, 0.2) is 78.9 Å². The molecule has 4 nitrogen and oxygen atoms in total. The topological polar surface area (TPSA) is 56.6 Å². The highest BCUT2D eigenvalue weighted by molar-refractivity contribution is 5.79. The second kappa shape index (κ2) is 11.5. The third-order valence-electron chi connectivity index (χ3n) is 8.51. The molecule has 0 bridgehead atoms. The van der Waals surface area contributed by atoms with Crippen molar-refractivity contribution in [2.45, 2.75) is 63.0 Å². The number of hydrogen-bond donors (Lipinski definition) is 2. The van der Waals surface area contributed by atoms with Gasteiger partial charge in [0.25, 0.3) is 0 Å². The van der Waals surface area contributed by atoms with Crippen molar-refractivity contribution in [2.24, 2.45) is 0 Å². The van der Waals surface area contributed by atoms with Gasteiger partial charge in [0.15, 0.2) is 0 Å². The molecule has 0 saturated heterocycles. The highest BCUT2D eigenvalue weighted by Crippen LogP contribution is 2.49. The van der Waals surface area contributed by atoms with E-state index < -0.39 is 29.8 Å². The summed E-state index contributed by atoms with van der Waals surface area (Å²) < 4.78 is 54.1. The lowest BCUT2D eigenvalue weighted by Gasteiger charge is -2.37. The number of anilines is 1. The monoisotopic (exact) mass is 576 g/mol. The summed E-state index contributed by atoms with van der Waals surface area (Å²) in [7, 11) is 0. The number of halogens is 4. The summed E-state index contributed by atoms with van der Waals surface area (Å²) in [6, 6.07) is 20.4. The second-order valence-electron chi connectivity index (χ2n) is 11.2. The van der Waals surface area contributed by atoms with Gasteiger partial charge in [0.05, 0.1) is 17.4 Å². The van der Waals surface area contributed by atoms with Crippen LogP contribution in [0.25, 0.3) is 11.1 Å². The Balaban J connectivity index is 1.59. The minimum Gasteiger partial charge on any atom is -0.388 e. The molecule has 2 N–H and O–H groups in total. The minimum absolute atomic E-state index is 0.0336. The third kappa shape index (κ3) is 5.53. The molecule has 0 spiro atoms. The summed E-state index contributed by atoms with van der Waals surface area (Å²) in [5, 5.41) is 23.4. The van der Waals surface area contributed by atoms with Crippen molar-refractivity contribution >= 4 is 5.82 Å². The Hall–Kier alpha value is -3.75. The van der Waals surface area contributed by atoms with Gasteiger partial charge in [0.2, 0.25) is 0 Å². The fourth-order valence-corrected chi connectivity index (χ4v) is 6.40. The number of nitrogens with zero attached hydrogens (tertiary/aromatic N) is 2. The molecule has 2 unspecified atom stereocenters. The lowest BCUT2D eigenvalue weighted by Crippen LogP contribution is -2.33. The van der Waals surface area contributed by atoms with Gasteiger partial charge in [0, 0.05) is 30.1 Å². The van der Waals surface area contributed by atoms with E-state index in [1.165, 1.54) is 24.3 Å². The predicted molar refractivity (Wildman–Crippen MR) is 153 cm³/mol. The highest BCUT2D eigenvalue weighted by Gasteiger charge is 2.37. The number of hydrogen-bond acceptors (Lipinski definition) is 4. The van der Waals surface area contributed by atoms with Crippen molar-refractivity contribution in [3.8, 4) is 11.1 Å². The average molecular weight is 577 g/mol. The zero-order valence-electron chi connectivity index (χ0n) is 23.0. The van der Waals surface area contributed by atoms with E-state index in [1.54, 1.807) is 12.1 Å². The molecule has 2 atom stereocenters. The molecule has 1 aliphatic heterocycles. The van der Waals surface area contributed by atoms with Gasteiger partial charge in [-0.05, 0) is 65.8 Å². The molecule has 42 heavy (non-hydrogen) atoms. The van der Waals surface area contributed by atoms with E-state index in [0.717, 1.165) is 43.4 Å². The van der Waals surface area contributed by atoms with Crippen LogP contribution in [0.1, 0.15) is 83.7 Å². The van der Waals surface area contributed by atoms with Crippen molar-refractivity contribution in [3.05, 3.63) is 118 Å². The smallest absolute Gasteiger partial charge is 0.388 e. The molecule has 4 aromatic rings. The number of benzene rings is 3. The zero-order chi connectivity index (χ0) is 29.4. The summed E-state index contributed by atoms with van der Waals surface area (Å²) in [6.45, 7) is 1.14. The van der Waals surface area contributed by atoms with Gasteiger partial charge in [-0.15, -0.1) is 0 Å². The molecule has 1 saturated carbocycles. The molecule has 2 aliphatic rings. The Bertz CT molecular complexity index is 1530. The predicted octanol–water partition coefficient (Wildman–Crippen LogP) is 8.09. The summed E-state index contributed by atoms with van der Waals surface area (Å²) in [4.78, 5) is 7.32. The highest BCUT2D eigenvalue weighted by atomic mass is 19.4. The molecule has 2 heterocycles. The van der Waals surface area contributed by atoms with Gasteiger partial charge in [-0.1, -0.05) is 67.4 Å². The first-order chi connectivity index (χ1) is 20.2. The first kappa shape index (κ1) is 28.4. The number of aliphatic hydroxyl groups is 2. The summed E-state index contributed by atoms with van der Waals surface area (Å²) in [6.07, 6.45) is -2.55. The standard InChI is InChI=1S/C34H32F4N2O2/c35-26-16-12-22(13-17-26)28-29-27(41)18-19-40(20-21-6-2-1-3-7-21)33(29)39-31(23-8-4-5-9-23)30(28)32(42)24-10-14-25(15-11-24)34(36,37)38/h1-3,6-7,10-17,23,27,32,41-42H,4-5,8-9,18-20H2. The average Bonchev–Trinajstić information content (AvgIpc) is 3.53. The Morgan fingerprint density at radius 2 is 1.55 bits per heavy atom. The van der Waals surface area contributed by atoms with Crippen LogP contribution in [0.3, 0.4) is 0 Å². The van der Waals surface area contributed by atoms with Crippen molar-refractivity contribution in [1.82, 2.24) is 4.98 Å². The number of aromatic nitrogens is 1. The van der Waals surface area contributed by atoms with E-state index in [9.17, 15) is 27.8 Å². The Morgan fingerprint density at radius 3 is 2.19 bits per heavy atom. The van der Waals surface area contributed by atoms with Crippen molar-refractivity contribution in [2.75, 3.05) is 11.4 Å². The maximum absolute atomic E-state index is 14.1. The van der Waals surface area contributed by atoms with Crippen molar-refractivity contribution in [1.29, 1.82) is 0 Å². The van der Waals surface area contributed by atoms with E-state index in [4.69, 9.17) is 4.98 Å². The third-order valence-corrected chi connectivity index (χ3v) is 8.51. The van der Waals surface area contributed by atoms with Crippen LogP contribution in [0.4, 0.5) is 23.4 Å². The van der Waals surface area contributed by atoms with Gasteiger partial charge >= 0.3 is 6.18 Å². The normalized spacial score (nSPS) is 18.2. The molecule has 1 aliphatic carbocycles. The van der Waals surface area contributed by atoms with Crippen LogP contribution in [0, 0.1) is 5.82 Å².